The third kappa shape index (κ3) is 15.5. The summed E-state index contributed by atoms with van der Waals surface area (Å²) >= 11 is 0. The van der Waals surface area contributed by atoms with Crippen molar-refractivity contribution in [1.29, 1.82) is 0 Å². The van der Waals surface area contributed by atoms with E-state index in [0.29, 0.717) is 6.61 Å². The topological polar surface area (TPSA) is 122 Å². The van der Waals surface area contributed by atoms with Crippen LogP contribution >= 0.6 is 0 Å². The smallest absolute Gasteiger partial charge is 0.328 e. The van der Waals surface area contributed by atoms with Crippen LogP contribution in [0.5, 0.6) is 11.5 Å². The van der Waals surface area contributed by atoms with Crippen LogP contribution < -0.4 is 11.1 Å². The van der Waals surface area contributed by atoms with Gasteiger partial charge in [0.15, 0.2) is 0 Å². The van der Waals surface area contributed by atoms with Crippen LogP contribution in [0, 0.1) is 0 Å². The SMILES string of the molecule is CCCCCCCCCCCCCCCCOC(=O)[C@H](Cc1ccc(O)cc1)NC(=O)[C@@H](N)Cc1ccc(O)cc1. The van der Waals surface area contributed by atoms with Crippen LogP contribution in [0.15, 0.2) is 48.5 Å². The van der Waals surface area contributed by atoms with Gasteiger partial charge in [0.25, 0.3) is 0 Å². The predicted molar refractivity (Wildman–Crippen MR) is 165 cm³/mol. The first-order valence-corrected chi connectivity index (χ1v) is 15.7. The van der Waals surface area contributed by atoms with E-state index in [4.69, 9.17) is 10.5 Å². The molecule has 0 heterocycles. The molecule has 0 radical (unpaired) electrons. The molecule has 2 aromatic rings. The highest BCUT2D eigenvalue weighted by atomic mass is 16.5. The zero-order valence-electron chi connectivity index (χ0n) is 25.0. The molecule has 0 unspecified atom stereocenters. The van der Waals surface area contributed by atoms with E-state index in [9.17, 15) is 19.8 Å². The van der Waals surface area contributed by atoms with Crippen molar-refractivity contribution >= 4 is 11.9 Å². The van der Waals surface area contributed by atoms with Gasteiger partial charge in [-0.05, 0) is 48.2 Å². The molecule has 2 atom stereocenters. The maximum absolute atomic E-state index is 12.9. The lowest BCUT2D eigenvalue weighted by Gasteiger charge is -2.20. The maximum atomic E-state index is 12.9. The normalized spacial score (nSPS) is 12.5. The summed E-state index contributed by atoms with van der Waals surface area (Å²) in [6.07, 6.45) is 18.1. The Morgan fingerprint density at radius 2 is 1.10 bits per heavy atom. The largest absolute Gasteiger partial charge is 0.508 e. The molecule has 0 saturated carbocycles. The number of hydrogen-bond acceptors (Lipinski definition) is 6. The number of unbranched alkanes of at least 4 members (excludes halogenated alkanes) is 13. The molecule has 0 aliphatic carbocycles. The Morgan fingerprint density at radius 3 is 1.56 bits per heavy atom. The van der Waals surface area contributed by atoms with E-state index in [0.717, 1.165) is 30.4 Å². The highest BCUT2D eigenvalue weighted by Crippen LogP contribution is 2.15. The summed E-state index contributed by atoms with van der Waals surface area (Å²) in [5.41, 5.74) is 7.72. The molecule has 228 valence electrons. The van der Waals surface area contributed by atoms with Gasteiger partial charge in [-0.15, -0.1) is 0 Å². The molecule has 0 spiro atoms. The molecule has 0 aliphatic rings. The second kappa shape index (κ2) is 20.8. The number of rotatable bonds is 22. The average molecular weight is 569 g/mol. The number of phenols is 2. The molecule has 0 saturated heterocycles. The molecule has 0 aromatic heterocycles. The minimum absolute atomic E-state index is 0.130. The van der Waals surface area contributed by atoms with Crippen LogP contribution in [-0.2, 0) is 27.2 Å². The van der Waals surface area contributed by atoms with Gasteiger partial charge in [-0.3, -0.25) is 4.79 Å². The van der Waals surface area contributed by atoms with Crippen LogP contribution in [0.3, 0.4) is 0 Å². The molecule has 2 aromatic carbocycles. The Labute approximate surface area is 246 Å². The Hall–Kier alpha value is -3.06. The average Bonchev–Trinajstić information content (AvgIpc) is 2.96. The van der Waals surface area contributed by atoms with E-state index >= 15 is 0 Å². The summed E-state index contributed by atoms with van der Waals surface area (Å²) in [5.74, 6) is -0.666. The number of phenolic OH excluding ortho intramolecular Hbond substituents is 2. The van der Waals surface area contributed by atoms with Crippen LogP contribution in [-0.4, -0.2) is 40.8 Å². The fourth-order valence-corrected chi connectivity index (χ4v) is 4.89. The number of ether oxygens (including phenoxy) is 1. The molecule has 7 nitrogen and oxygen atoms in total. The zero-order chi connectivity index (χ0) is 29.7. The van der Waals surface area contributed by atoms with Crippen molar-refractivity contribution in [2.24, 2.45) is 5.73 Å². The lowest BCUT2D eigenvalue weighted by molar-refractivity contribution is -0.148. The van der Waals surface area contributed by atoms with Crippen LogP contribution in [0.1, 0.15) is 108 Å². The van der Waals surface area contributed by atoms with Crippen molar-refractivity contribution in [1.82, 2.24) is 5.32 Å². The van der Waals surface area contributed by atoms with Gasteiger partial charge in [-0.2, -0.15) is 0 Å². The molecule has 7 heteroatoms. The lowest BCUT2D eigenvalue weighted by atomic mass is 10.0. The fraction of sp³-hybridized carbons (Fsp3) is 0.588. The standard InChI is InChI=1S/C34H52N2O5/c1-2-3-4-5-6-7-8-9-10-11-12-13-14-15-24-41-34(40)32(26-28-18-22-30(38)23-19-28)36-33(39)31(35)25-27-16-20-29(37)21-17-27/h16-23,31-32,37-38H,2-15,24-26,35H2,1H3,(H,36,39)/t31-,32-/m0/s1. The predicted octanol–water partition coefficient (Wildman–Crippen LogP) is 6.72. The van der Waals surface area contributed by atoms with Crippen LogP contribution in [0.4, 0.5) is 0 Å². The Bertz CT molecular complexity index is 978. The highest BCUT2D eigenvalue weighted by Gasteiger charge is 2.25. The van der Waals surface area contributed by atoms with Gasteiger partial charge in [0.2, 0.25) is 5.91 Å². The number of carbonyl (C=O) groups is 2. The summed E-state index contributed by atoms with van der Waals surface area (Å²) in [5, 5.41) is 21.8. The third-order valence-corrected chi connectivity index (χ3v) is 7.45. The van der Waals surface area contributed by atoms with Gasteiger partial charge in [-0.1, -0.05) is 115 Å². The number of nitrogens with one attached hydrogen (secondary N) is 1. The van der Waals surface area contributed by atoms with Gasteiger partial charge < -0.3 is 26.0 Å². The van der Waals surface area contributed by atoms with Crippen molar-refractivity contribution in [3.63, 3.8) is 0 Å². The molecule has 41 heavy (non-hydrogen) atoms. The van der Waals surface area contributed by atoms with Crippen molar-refractivity contribution in [2.75, 3.05) is 6.61 Å². The second-order valence-corrected chi connectivity index (χ2v) is 11.2. The minimum Gasteiger partial charge on any atom is -0.508 e. The van der Waals surface area contributed by atoms with Crippen molar-refractivity contribution < 1.29 is 24.5 Å². The van der Waals surface area contributed by atoms with E-state index < -0.39 is 24.0 Å². The number of aromatic hydroxyl groups is 2. The molecular weight excluding hydrogens is 516 g/mol. The quantitative estimate of drug-likeness (QED) is 0.0924. The van der Waals surface area contributed by atoms with Crippen LogP contribution in [0.25, 0.3) is 0 Å². The van der Waals surface area contributed by atoms with Crippen molar-refractivity contribution in [2.45, 2.75) is 122 Å². The van der Waals surface area contributed by atoms with Gasteiger partial charge >= 0.3 is 5.97 Å². The Morgan fingerprint density at radius 1 is 0.683 bits per heavy atom. The number of benzene rings is 2. The lowest BCUT2D eigenvalue weighted by Crippen LogP contribution is -2.50. The first-order valence-electron chi connectivity index (χ1n) is 15.7. The molecule has 1 amide bonds. The van der Waals surface area contributed by atoms with E-state index in [-0.39, 0.29) is 24.3 Å². The molecule has 2 rings (SSSR count). The van der Waals surface area contributed by atoms with Gasteiger partial charge in [0.05, 0.1) is 12.6 Å². The minimum atomic E-state index is -0.885. The first-order chi connectivity index (χ1) is 19.9. The zero-order valence-corrected chi connectivity index (χ0v) is 25.0. The van der Waals surface area contributed by atoms with E-state index in [2.05, 4.69) is 12.2 Å². The Kier molecular flexibility index (Phi) is 17.3. The van der Waals surface area contributed by atoms with E-state index in [1.165, 1.54) is 70.6 Å². The Balaban J connectivity index is 1.69. The number of amides is 1. The summed E-state index contributed by atoms with van der Waals surface area (Å²) < 4.78 is 5.55. The van der Waals surface area contributed by atoms with Gasteiger partial charge in [-0.25, -0.2) is 4.79 Å². The number of hydrogen-bond donors (Lipinski definition) is 4. The van der Waals surface area contributed by atoms with E-state index in [1.807, 2.05) is 0 Å². The maximum Gasteiger partial charge on any atom is 0.328 e. The summed E-state index contributed by atoms with van der Waals surface area (Å²) in [4.78, 5) is 25.8. The monoisotopic (exact) mass is 568 g/mol. The molecule has 5 N–H and O–H groups in total. The van der Waals surface area contributed by atoms with Gasteiger partial charge in [0.1, 0.15) is 17.5 Å². The van der Waals surface area contributed by atoms with Crippen molar-refractivity contribution in [3.8, 4) is 11.5 Å². The molecular formula is C34H52N2O5. The molecule has 0 bridgehead atoms. The second-order valence-electron chi connectivity index (χ2n) is 11.2. The first kappa shape index (κ1) is 34.1. The van der Waals surface area contributed by atoms with Crippen molar-refractivity contribution in [3.05, 3.63) is 59.7 Å². The molecule has 0 fully saturated rings. The highest BCUT2D eigenvalue weighted by molar-refractivity contribution is 5.87. The third-order valence-electron chi connectivity index (χ3n) is 7.45. The fourth-order valence-electron chi connectivity index (χ4n) is 4.89. The summed E-state index contributed by atoms with van der Waals surface area (Å²) in [6.45, 7) is 2.57. The summed E-state index contributed by atoms with van der Waals surface area (Å²) in [7, 11) is 0. The van der Waals surface area contributed by atoms with E-state index in [1.54, 1.807) is 48.5 Å². The van der Waals surface area contributed by atoms with Gasteiger partial charge in [0, 0.05) is 6.42 Å². The summed E-state index contributed by atoms with van der Waals surface area (Å²) in [6, 6.07) is 11.3. The number of carbonyl (C=O) groups excluding carboxylic acids is 2. The number of esters is 1. The number of nitrogens with two attached hydrogens (primary N) is 1. The molecule has 0 aliphatic heterocycles. The van der Waals surface area contributed by atoms with Crippen LogP contribution in [0.2, 0.25) is 0 Å².